The van der Waals surface area contributed by atoms with E-state index >= 15 is 0 Å². The summed E-state index contributed by atoms with van der Waals surface area (Å²) in [4.78, 5) is 25.6. The van der Waals surface area contributed by atoms with Gasteiger partial charge >= 0.3 is 5.97 Å². The molecule has 0 heterocycles. The van der Waals surface area contributed by atoms with Gasteiger partial charge in [-0.15, -0.1) is 0 Å². The predicted molar refractivity (Wildman–Crippen MR) is 93.1 cm³/mol. The van der Waals surface area contributed by atoms with Crippen LogP contribution < -0.4 is 0 Å². The monoisotopic (exact) mass is 343 g/mol. The first-order valence-corrected chi connectivity index (χ1v) is 8.22. The van der Waals surface area contributed by atoms with Gasteiger partial charge in [0.15, 0.2) is 0 Å². The van der Waals surface area contributed by atoms with E-state index in [0.717, 1.165) is 11.1 Å². The second kappa shape index (κ2) is 8.97. The topological polar surface area (TPSA) is 46.6 Å². The van der Waals surface area contributed by atoms with Gasteiger partial charge < -0.3 is 9.64 Å². The van der Waals surface area contributed by atoms with Crippen molar-refractivity contribution in [2.45, 2.75) is 33.4 Å². The Morgan fingerprint density at radius 2 is 1.84 bits per heavy atom. The number of rotatable bonds is 7. The first-order chi connectivity index (χ1) is 12.0. The van der Waals surface area contributed by atoms with Gasteiger partial charge in [-0.3, -0.25) is 9.59 Å². The Bertz CT molecular complexity index is 731. The van der Waals surface area contributed by atoms with Gasteiger partial charge in [-0.25, -0.2) is 4.39 Å². The first kappa shape index (κ1) is 18.6. The van der Waals surface area contributed by atoms with Crippen molar-refractivity contribution in [2.24, 2.45) is 0 Å². The van der Waals surface area contributed by atoms with Crippen LogP contribution in [0.5, 0.6) is 0 Å². The molecular formula is C20H22FNO3. The number of carbonyl (C=O) groups excluding carboxylic acids is 2. The largest absolute Gasteiger partial charge is 0.459 e. The Hall–Kier alpha value is -2.69. The lowest BCUT2D eigenvalue weighted by atomic mass is 10.1. The molecule has 0 spiro atoms. The fourth-order valence-corrected chi connectivity index (χ4v) is 2.41. The van der Waals surface area contributed by atoms with Crippen LogP contribution in [-0.4, -0.2) is 23.3 Å². The average molecular weight is 343 g/mol. The maximum atomic E-state index is 13.5. The van der Waals surface area contributed by atoms with Crippen molar-refractivity contribution in [2.75, 3.05) is 6.54 Å². The van der Waals surface area contributed by atoms with Gasteiger partial charge in [0.05, 0.1) is 0 Å². The highest BCUT2D eigenvalue weighted by Gasteiger charge is 2.18. The van der Waals surface area contributed by atoms with Crippen LogP contribution in [0, 0.1) is 12.7 Å². The molecule has 0 bridgehead atoms. The van der Waals surface area contributed by atoms with Crippen LogP contribution in [0.25, 0.3) is 0 Å². The Morgan fingerprint density at radius 1 is 1.12 bits per heavy atom. The molecule has 0 aromatic heterocycles. The quantitative estimate of drug-likeness (QED) is 0.722. The number of halogens is 1. The average Bonchev–Trinajstić information content (AvgIpc) is 2.62. The van der Waals surface area contributed by atoms with Crippen molar-refractivity contribution in [3.63, 3.8) is 0 Å². The SMILES string of the molecule is CCC(=O)N(CC(=O)OCc1ccccc1)Cc1cc(F)ccc1C. The molecule has 132 valence electrons. The fourth-order valence-electron chi connectivity index (χ4n) is 2.41. The Balaban J connectivity index is 2.01. The highest BCUT2D eigenvalue weighted by atomic mass is 19.1. The zero-order chi connectivity index (χ0) is 18.2. The molecule has 2 aromatic carbocycles. The summed E-state index contributed by atoms with van der Waals surface area (Å²) in [5.74, 6) is -1.03. The standard InChI is InChI=1S/C20H22FNO3/c1-3-19(23)22(12-17-11-18(21)10-9-15(17)2)13-20(24)25-14-16-7-5-4-6-8-16/h4-11H,3,12-14H2,1-2H3. The lowest BCUT2D eigenvalue weighted by Gasteiger charge is -2.22. The maximum absolute atomic E-state index is 13.5. The van der Waals surface area contributed by atoms with E-state index in [1.165, 1.54) is 17.0 Å². The maximum Gasteiger partial charge on any atom is 0.325 e. The van der Waals surface area contributed by atoms with Crippen LogP contribution in [0.2, 0.25) is 0 Å². The number of hydrogen-bond donors (Lipinski definition) is 0. The van der Waals surface area contributed by atoms with Crippen molar-refractivity contribution < 1.29 is 18.7 Å². The minimum Gasteiger partial charge on any atom is -0.459 e. The molecule has 5 heteroatoms. The molecule has 1 amide bonds. The molecule has 0 radical (unpaired) electrons. The van der Waals surface area contributed by atoms with E-state index in [0.29, 0.717) is 5.56 Å². The lowest BCUT2D eigenvalue weighted by molar-refractivity contribution is -0.150. The van der Waals surface area contributed by atoms with Crippen molar-refractivity contribution in [3.05, 3.63) is 71.0 Å². The van der Waals surface area contributed by atoms with E-state index in [1.807, 2.05) is 37.3 Å². The molecule has 0 aliphatic rings. The molecule has 0 saturated heterocycles. The van der Waals surface area contributed by atoms with Crippen LogP contribution in [0.1, 0.15) is 30.0 Å². The number of amides is 1. The molecule has 0 atom stereocenters. The van der Waals surface area contributed by atoms with E-state index in [2.05, 4.69) is 0 Å². The zero-order valence-corrected chi connectivity index (χ0v) is 14.5. The molecule has 2 rings (SSSR count). The van der Waals surface area contributed by atoms with Gasteiger partial charge in [0.1, 0.15) is 19.0 Å². The highest BCUT2D eigenvalue weighted by Crippen LogP contribution is 2.14. The van der Waals surface area contributed by atoms with E-state index in [4.69, 9.17) is 4.74 Å². The minimum absolute atomic E-state index is 0.157. The molecule has 25 heavy (non-hydrogen) atoms. The molecule has 4 nitrogen and oxygen atoms in total. The number of aryl methyl sites for hydroxylation is 1. The van der Waals surface area contributed by atoms with Gasteiger partial charge in [-0.05, 0) is 35.7 Å². The molecule has 0 aliphatic carbocycles. The van der Waals surface area contributed by atoms with E-state index in [1.54, 1.807) is 13.0 Å². The highest BCUT2D eigenvalue weighted by molar-refractivity contribution is 5.81. The molecular weight excluding hydrogens is 321 g/mol. The van der Waals surface area contributed by atoms with Crippen molar-refractivity contribution >= 4 is 11.9 Å². The number of hydrogen-bond acceptors (Lipinski definition) is 3. The summed E-state index contributed by atoms with van der Waals surface area (Å²) in [6.07, 6.45) is 0.264. The Labute approximate surface area is 147 Å². The van der Waals surface area contributed by atoms with E-state index in [9.17, 15) is 14.0 Å². The summed E-state index contributed by atoms with van der Waals surface area (Å²) in [6.45, 7) is 3.75. The minimum atomic E-state index is -0.486. The Kier molecular flexibility index (Phi) is 6.69. The summed E-state index contributed by atoms with van der Waals surface area (Å²) in [5.41, 5.74) is 2.43. The summed E-state index contributed by atoms with van der Waals surface area (Å²) in [6, 6.07) is 13.8. The molecule has 0 fully saturated rings. The lowest BCUT2D eigenvalue weighted by Crippen LogP contribution is -2.35. The summed E-state index contributed by atoms with van der Waals surface area (Å²) < 4.78 is 18.7. The Morgan fingerprint density at radius 3 is 2.52 bits per heavy atom. The predicted octanol–water partition coefficient (Wildman–Crippen LogP) is 3.62. The summed E-state index contributed by atoms with van der Waals surface area (Å²) in [5, 5.41) is 0. The zero-order valence-electron chi connectivity index (χ0n) is 14.5. The second-order valence-corrected chi connectivity index (χ2v) is 5.82. The number of ether oxygens (including phenoxy) is 1. The van der Waals surface area contributed by atoms with Crippen LogP contribution in [0.4, 0.5) is 4.39 Å². The third kappa shape index (κ3) is 5.71. The first-order valence-electron chi connectivity index (χ1n) is 8.22. The third-order valence-corrected chi connectivity index (χ3v) is 3.89. The second-order valence-electron chi connectivity index (χ2n) is 5.82. The van der Waals surface area contributed by atoms with Crippen LogP contribution in [-0.2, 0) is 27.5 Å². The molecule has 0 N–H and O–H groups in total. The van der Waals surface area contributed by atoms with Crippen molar-refractivity contribution in [1.29, 1.82) is 0 Å². The number of nitrogens with zero attached hydrogens (tertiary/aromatic N) is 1. The van der Waals surface area contributed by atoms with Gasteiger partial charge in [-0.2, -0.15) is 0 Å². The van der Waals surface area contributed by atoms with Gasteiger partial charge in [0, 0.05) is 13.0 Å². The molecule has 0 saturated carbocycles. The van der Waals surface area contributed by atoms with Crippen LogP contribution in [0.15, 0.2) is 48.5 Å². The summed E-state index contributed by atoms with van der Waals surface area (Å²) >= 11 is 0. The van der Waals surface area contributed by atoms with Crippen LogP contribution >= 0.6 is 0 Å². The molecule has 2 aromatic rings. The van der Waals surface area contributed by atoms with E-state index < -0.39 is 5.97 Å². The van der Waals surface area contributed by atoms with Gasteiger partial charge in [-0.1, -0.05) is 43.3 Å². The van der Waals surface area contributed by atoms with Crippen LogP contribution in [0.3, 0.4) is 0 Å². The van der Waals surface area contributed by atoms with Crippen molar-refractivity contribution in [1.82, 2.24) is 4.90 Å². The van der Waals surface area contributed by atoms with Gasteiger partial charge in [0.2, 0.25) is 5.91 Å². The smallest absolute Gasteiger partial charge is 0.325 e. The van der Waals surface area contributed by atoms with Crippen molar-refractivity contribution in [3.8, 4) is 0 Å². The third-order valence-electron chi connectivity index (χ3n) is 3.89. The molecule has 0 aliphatic heterocycles. The number of esters is 1. The van der Waals surface area contributed by atoms with Gasteiger partial charge in [0.25, 0.3) is 0 Å². The fraction of sp³-hybridized carbons (Fsp3) is 0.300. The molecule has 0 unspecified atom stereocenters. The summed E-state index contributed by atoms with van der Waals surface area (Å²) in [7, 11) is 0. The number of benzene rings is 2. The van der Waals surface area contributed by atoms with E-state index in [-0.39, 0.29) is 37.8 Å². The number of carbonyl (C=O) groups is 2. The normalized spacial score (nSPS) is 10.4.